The predicted octanol–water partition coefficient (Wildman–Crippen LogP) is 2.40. The number of carbonyl (C=O) groups excluding carboxylic acids is 1. The number of carbonyl (C=O) groups is 1. The van der Waals surface area contributed by atoms with E-state index >= 15 is 0 Å². The minimum absolute atomic E-state index is 0.102. The van der Waals surface area contributed by atoms with Gasteiger partial charge in [-0.2, -0.15) is 0 Å². The Kier molecular flexibility index (Phi) is 5.32. The molecular formula is C14H18N4O2S. The standard InChI is InChI=1S/C14H18N4O2S/c1-4-18-13(11-5-7-15-8-6-11)16-17-14(18)21-9-12(19)20-10(2)3/h5-8,10H,4,9H2,1-3H3. The van der Waals surface area contributed by atoms with Crippen LogP contribution in [0.15, 0.2) is 29.7 Å². The number of hydrogen-bond acceptors (Lipinski definition) is 6. The molecule has 0 saturated heterocycles. The summed E-state index contributed by atoms with van der Waals surface area (Å²) in [5.74, 6) is 0.762. The van der Waals surface area contributed by atoms with Crippen molar-refractivity contribution in [2.24, 2.45) is 0 Å². The maximum absolute atomic E-state index is 11.6. The second-order valence-corrected chi connectivity index (χ2v) is 5.56. The maximum Gasteiger partial charge on any atom is 0.316 e. The van der Waals surface area contributed by atoms with E-state index in [9.17, 15) is 4.79 Å². The second kappa shape index (κ2) is 7.21. The van der Waals surface area contributed by atoms with Crippen molar-refractivity contribution in [2.45, 2.75) is 38.6 Å². The lowest BCUT2D eigenvalue weighted by Crippen LogP contribution is -2.13. The van der Waals surface area contributed by atoms with Gasteiger partial charge in [0.1, 0.15) is 0 Å². The van der Waals surface area contributed by atoms with Crippen molar-refractivity contribution >= 4 is 17.7 Å². The predicted molar refractivity (Wildman–Crippen MR) is 80.9 cm³/mol. The van der Waals surface area contributed by atoms with E-state index in [-0.39, 0.29) is 17.8 Å². The first-order chi connectivity index (χ1) is 10.1. The lowest BCUT2D eigenvalue weighted by molar-refractivity contribution is -0.144. The highest BCUT2D eigenvalue weighted by Crippen LogP contribution is 2.23. The fraction of sp³-hybridized carbons (Fsp3) is 0.429. The fourth-order valence-electron chi connectivity index (χ4n) is 1.82. The molecule has 2 heterocycles. The Morgan fingerprint density at radius 2 is 2.05 bits per heavy atom. The van der Waals surface area contributed by atoms with Gasteiger partial charge in [-0.15, -0.1) is 10.2 Å². The summed E-state index contributed by atoms with van der Waals surface area (Å²) in [4.78, 5) is 15.6. The summed E-state index contributed by atoms with van der Waals surface area (Å²) in [6, 6.07) is 3.77. The van der Waals surface area contributed by atoms with Gasteiger partial charge in [0.25, 0.3) is 0 Å². The Morgan fingerprint density at radius 1 is 1.33 bits per heavy atom. The minimum Gasteiger partial charge on any atom is -0.462 e. The van der Waals surface area contributed by atoms with Crippen molar-refractivity contribution in [3.63, 3.8) is 0 Å². The van der Waals surface area contributed by atoms with Crippen molar-refractivity contribution in [2.75, 3.05) is 5.75 Å². The highest BCUT2D eigenvalue weighted by atomic mass is 32.2. The Labute approximate surface area is 127 Å². The third kappa shape index (κ3) is 4.04. The molecule has 2 aromatic heterocycles. The molecule has 0 aliphatic carbocycles. The van der Waals surface area contributed by atoms with Crippen LogP contribution in [0.3, 0.4) is 0 Å². The molecule has 0 aromatic carbocycles. The first-order valence-corrected chi connectivity index (χ1v) is 7.76. The zero-order valence-corrected chi connectivity index (χ0v) is 13.1. The smallest absolute Gasteiger partial charge is 0.316 e. The Hall–Kier alpha value is -1.89. The van der Waals surface area contributed by atoms with E-state index < -0.39 is 0 Å². The highest BCUT2D eigenvalue weighted by molar-refractivity contribution is 7.99. The molecule has 7 heteroatoms. The zero-order valence-electron chi connectivity index (χ0n) is 12.3. The molecular weight excluding hydrogens is 288 g/mol. The van der Waals surface area contributed by atoms with Crippen molar-refractivity contribution < 1.29 is 9.53 Å². The summed E-state index contributed by atoms with van der Waals surface area (Å²) >= 11 is 1.34. The van der Waals surface area contributed by atoms with E-state index in [2.05, 4.69) is 15.2 Å². The van der Waals surface area contributed by atoms with E-state index in [1.165, 1.54) is 11.8 Å². The van der Waals surface area contributed by atoms with Crippen LogP contribution in [0, 0.1) is 0 Å². The lowest BCUT2D eigenvalue weighted by Gasteiger charge is -2.08. The van der Waals surface area contributed by atoms with Crippen molar-refractivity contribution in [3.8, 4) is 11.4 Å². The molecule has 0 saturated carbocycles. The quantitative estimate of drug-likeness (QED) is 0.603. The van der Waals surface area contributed by atoms with Crippen LogP contribution < -0.4 is 0 Å². The average molecular weight is 306 g/mol. The van der Waals surface area contributed by atoms with Gasteiger partial charge < -0.3 is 9.30 Å². The maximum atomic E-state index is 11.6. The summed E-state index contributed by atoms with van der Waals surface area (Å²) in [6.07, 6.45) is 3.34. The molecule has 0 atom stereocenters. The first kappa shape index (κ1) is 15.5. The van der Waals surface area contributed by atoms with Gasteiger partial charge in [-0.25, -0.2) is 0 Å². The molecule has 0 radical (unpaired) electrons. The summed E-state index contributed by atoms with van der Waals surface area (Å²) in [5, 5.41) is 9.08. The topological polar surface area (TPSA) is 69.9 Å². The number of rotatable bonds is 6. The van der Waals surface area contributed by atoms with E-state index in [1.807, 2.05) is 37.5 Å². The summed E-state index contributed by atoms with van der Waals surface area (Å²) < 4.78 is 7.09. The number of pyridine rings is 1. The SMILES string of the molecule is CCn1c(SCC(=O)OC(C)C)nnc1-c1ccncc1. The van der Waals surface area contributed by atoms with Gasteiger partial charge in [-0.1, -0.05) is 11.8 Å². The fourth-order valence-corrected chi connectivity index (χ4v) is 2.60. The molecule has 0 bridgehead atoms. The van der Waals surface area contributed by atoms with E-state index in [0.717, 1.165) is 17.9 Å². The van der Waals surface area contributed by atoms with Crippen molar-refractivity contribution in [1.82, 2.24) is 19.7 Å². The number of hydrogen-bond donors (Lipinski definition) is 0. The first-order valence-electron chi connectivity index (χ1n) is 6.77. The Balaban J connectivity index is 2.11. The largest absolute Gasteiger partial charge is 0.462 e. The van der Waals surface area contributed by atoms with Crippen LogP contribution in [0.1, 0.15) is 20.8 Å². The number of thioether (sulfide) groups is 1. The molecule has 0 fully saturated rings. The summed E-state index contributed by atoms with van der Waals surface area (Å²) in [6.45, 7) is 6.41. The molecule has 112 valence electrons. The Morgan fingerprint density at radius 3 is 2.67 bits per heavy atom. The van der Waals surface area contributed by atoms with Crippen LogP contribution in [0.4, 0.5) is 0 Å². The van der Waals surface area contributed by atoms with Crippen molar-refractivity contribution in [3.05, 3.63) is 24.5 Å². The van der Waals surface area contributed by atoms with Gasteiger partial charge in [-0.3, -0.25) is 9.78 Å². The molecule has 0 spiro atoms. The number of esters is 1. The molecule has 2 aromatic rings. The van der Waals surface area contributed by atoms with Crippen LogP contribution in [0.25, 0.3) is 11.4 Å². The Bertz CT molecular complexity index is 598. The van der Waals surface area contributed by atoms with Gasteiger partial charge in [0.15, 0.2) is 11.0 Å². The number of nitrogens with zero attached hydrogens (tertiary/aromatic N) is 4. The number of aromatic nitrogens is 4. The molecule has 6 nitrogen and oxygen atoms in total. The van der Waals surface area contributed by atoms with Gasteiger partial charge in [0.05, 0.1) is 11.9 Å². The van der Waals surface area contributed by atoms with Crippen LogP contribution in [-0.4, -0.2) is 37.6 Å². The van der Waals surface area contributed by atoms with Crippen LogP contribution in [0.5, 0.6) is 0 Å². The normalized spacial score (nSPS) is 10.9. The molecule has 0 aliphatic rings. The molecule has 0 N–H and O–H groups in total. The molecule has 21 heavy (non-hydrogen) atoms. The van der Waals surface area contributed by atoms with Crippen LogP contribution in [0.2, 0.25) is 0 Å². The van der Waals surface area contributed by atoms with E-state index in [1.54, 1.807) is 12.4 Å². The molecule has 0 unspecified atom stereocenters. The van der Waals surface area contributed by atoms with Crippen LogP contribution in [-0.2, 0) is 16.1 Å². The van der Waals surface area contributed by atoms with Crippen LogP contribution >= 0.6 is 11.8 Å². The van der Waals surface area contributed by atoms with Crippen molar-refractivity contribution in [1.29, 1.82) is 0 Å². The molecule has 0 amide bonds. The molecule has 2 rings (SSSR count). The summed E-state index contributed by atoms with van der Waals surface area (Å²) in [7, 11) is 0. The van der Waals surface area contributed by atoms with Gasteiger partial charge in [0, 0.05) is 24.5 Å². The van der Waals surface area contributed by atoms with Gasteiger partial charge in [0.2, 0.25) is 0 Å². The van der Waals surface area contributed by atoms with Gasteiger partial charge >= 0.3 is 5.97 Å². The second-order valence-electron chi connectivity index (χ2n) is 4.61. The third-order valence-electron chi connectivity index (χ3n) is 2.66. The average Bonchev–Trinajstić information content (AvgIpc) is 2.88. The van der Waals surface area contributed by atoms with E-state index in [0.29, 0.717) is 5.16 Å². The molecule has 0 aliphatic heterocycles. The summed E-state index contributed by atoms with van der Waals surface area (Å²) in [5.41, 5.74) is 0.955. The highest BCUT2D eigenvalue weighted by Gasteiger charge is 2.15. The third-order valence-corrected chi connectivity index (χ3v) is 3.60. The lowest BCUT2D eigenvalue weighted by atomic mass is 10.2. The van der Waals surface area contributed by atoms with Gasteiger partial charge in [-0.05, 0) is 32.9 Å². The van der Waals surface area contributed by atoms with E-state index in [4.69, 9.17) is 4.74 Å². The zero-order chi connectivity index (χ0) is 15.2. The minimum atomic E-state index is -0.244. The monoisotopic (exact) mass is 306 g/mol. The number of ether oxygens (including phenoxy) is 1.